The maximum atomic E-state index is 10.4. The minimum Gasteiger partial charge on any atom is -0.481 e. The lowest BCUT2D eigenvalue weighted by Gasteiger charge is -2.01. The summed E-state index contributed by atoms with van der Waals surface area (Å²) in [5.74, 6) is 0.216. The average Bonchev–Trinajstić information content (AvgIpc) is 2.20. The van der Waals surface area contributed by atoms with Crippen molar-refractivity contribution in [3.8, 4) is 0 Å². The third kappa shape index (κ3) is 4.85. The van der Waals surface area contributed by atoms with Crippen LogP contribution in [0.15, 0.2) is 29.2 Å². The van der Waals surface area contributed by atoms with Gasteiger partial charge in [0, 0.05) is 4.90 Å². The van der Waals surface area contributed by atoms with Gasteiger partial charge in [-0.1, -0.05) is 12.1 Å². The molecule has 0 heterocycles. The molecule has 0 aromatic heterocycles. The molecule has 0 saturated carbocycles. The van der Waals surface area contributed by atoms with Gasteiger partial charge in [0.2, 0.25) is 0 Å². The van der Waals surface area contributed by atoms with Crippen molar-refractivity contribution in [1.29, 1.82) is 0 Å². The van der Waals surface area contributed by atoms with Crippen LogP contribution in [0.5, 0.6) is 0 Å². The fourth-order valence-electron chi connectivity index (χ4n) is 1.15. The number of benzene rings is 1. The summed E-state index contributed by atoms with van der Waals surface area (Å²) in [7, 11) is 0. The number of carbonyl (C=O) groups is 1. The number of carboxylic acid groups (broad SMARTS) is 1. The fourth-order valence-corrected chi connectivity index (χ4v) is 2.03. The lowest BCUT2D eigenvalue weighted by molar-refractivity contribution is -0.136. The predicted molar refractivity (Wildman–Crippen MR) is 62.2 cm³/mol. The van der Waals surface area contributed by atoms with Gasteiger partial charge in [0.25, 0.3) is 0 Å². The van der Waals surface area contributed by atoms with E-state index in [9.17, 15) is 4.79 Å². The van der Waals surface area contributed by atoms with Gasteiger partial charge in [0.1, 0.15) is 0 Å². The normalized spacial score (nSPS) is 10.2. The van der Waals surface area contributed by atoms with Gasteiger partial charge >= 0.3 is 5.97 Å². The van der Waals surface area contributed by atoms with Crippen LogP contribution < -0.4 is 5.73 Å². The van der Waals surface area contributed by atoms with E-state index in [0.29, 0.717) is 6.54 Å². The molecule has 0 amide bonds. The second-order valence-electron chi connectivity index (χ2n) is 3.21. The summed E-state index contributed by atoms with van der Waals surface area (Å²) in [4.78, 5) is 11.6. The Morgan fingerprint density at radius 2 is 2.00 bits per heavy atom. The second kappa shape index (κ2) is 6.48. The molecule has 0 fully saturated rings. The highest BCUT2D eigenvalue weighted by molar-refractivity contribution is 7.99. The van der Waals surface area contributed by atoms with Crippen molar-refractivity contribution in [2.45, 2.75) is 17.7 Å². The van der Waals surface area contributed by atoms with Gasteiger partial charge in [-0.3, -0.25) is 4.79 Å². The molecule has 4 heteroatoms. The smallest absolute Gasteiger partial charge is 0.307 e. The summed E-state index contributed by atoms with van der Waals surface area (Å²) in [6.45, 7) is 0.712. The van der Waals surface area contributed by atoms with Crippen molar-refractivity contribution in [2.24, 2.45) is 5.73 Å². The Bertz CT molecular complexity index is 311. The molecule has 1 aromatic carbocycles. The number of hydrogen-bond acceptors (Lipinski definition) is 3. The zero-order valence-electron chi connectivity index (χ0n) is 8.48. The van der Waals surface area contributed by atoms with Crippen LogP contribution in [0.25, 0.3) is 0 Å². The zero-order valence-corrected chi connectivity index (χ0v) is 9.30. The molecule has 1 aromatic rings. The molecule has 0 aliphatic carbocycles. The van der Waals surface area contributed by atoms with Gasteiger partial charge in [-0.25, -0.2) is 0 Å². The lowest BCUT2D eigenvalue weighted by atomic mass is 10.2. The molecule has 82 valence electrons. The molecular weight excluding hydrogens is 210 g/mol. The largest absolute Gasteiger partial charge is 0.481 e. The van der Waals surface area contributed by atoms with Crippen molar-refractivity contribution in [2.75, 3.05) is 12.3 Å². The van der Waals surface area contributed by atoms with E-state index in [2.05, 4.69) is 0 Å². The molecule has 0 unspecified atom stereocenters. The van der Waals surface area contributed by atoms with Crippen LogP contribution in [0.3, 0.4) is 0 Å². The first-order valence-corrected chi connectivity index (χ1v) is 5.84. The van der Waals surface area contributed by atoms with Gasteiger partial charge in [-0.15, -0.1) is 11.8 Å². The van der Waals surface area contributed by atoms with Gasteiger partial charge in [-0.05, 0) is 36.4 Å². The quantitative estimate of drug-likeness (QED) is 0.572. The Hall–Kier alpha value is -1.00. The minimum absolute atomic E-state index is 0.0910. The Labute approximate surface area is 93.7 Å². The summed E-state index contributed by atoms with van der Waals surface area (Å²) in [6, 6.07) is 7.64. The topological polar surface area (TPSA) is 63.3 Å². The third-order valence-electron chi connectivity index (χ3n) is 1.90. The van der Waals surface area contributed by atoms with Crippen LogP contribution in [0.4, 0.5) is 0 Å². The van der Waals surface area contributed by atoms with E-state index in [0.717, 1.165) is 22.6 Å². The SMILES string of the molecule is NCCCSc1ccc(CC(=O)O)cc1. The molecule has 0 atom stereocenters. The molecule has 0 saturated heterocycles. The third-order valence-corrected chi connectivity index (χ3v) is 2.99. The molecule has 0 radical (unpaired) electrons. The first kappa shape index (κ1) is 12.1. The van der Waals surface area contributed by atoms with E-state index in [4.69, 9.17) is 10.8 Å². The van der Waals surface area contributed by atoms with Crippen molar-refractivity contribution in [1.82, 2.24) is 0 Å². The molecule has 0 aliphatic heterocycles. The summed E-state index contributed by atoms with van der Waals surface area (Å²) < 4.78 is 0. The highest BCUT2D eigenvalue weighted by Crippen LogP contribution is 2.19. The molecule has 15 heavy (non-hydrogen) atoms. The highest BCUT2D eigenvalue weighted by atomic mass is 32.2. The number of aliphatic carboxylic acids is 1. The standard InChI is InChI=1S/C11H15NO2S/c12-6-1-7-15-10-4-2-9(3-5-10)8-11(13)14/h2-5H,1,6-8,12H2,(H,13,14). The van der Waals surface area contributed by atoms with Crippen LogP contribution in [0, 0.1) is 0 Å². The molecule has 3 N–H and O–H groups in total. The summed E-state index contributed by atoms with van der Waals surface area (Å²) in [6.07, 6.45) is 1.09. The zero-order chi connectivity index (χ0) is 11.1. The second-order valence-corrected chi connectivity index (χ2v) is 4.37. The first-order valence-electron chi connectivity index (χ1n) is 4.86. The number of nitrogens with two attached hydrogens (primary N) is 1. The minimum atomic E-state index is -0.793. The van der Waals surface area contributed by atoms with E-state index in [1.165, 1.54) is 0 Å². The van der Waals surface area contributed by atoms with E-state index in [-0.39, 0.29) is 6.42 Å². The maximum absolute atomic E-state index is 10.4. The number of thioether (sulfide) groups is 1. The van der Waals surface area contributed by atoms with Crippen molar-refractivity contribution < 1.29 is 9.90 Å². The van der Waals surface area contributed by atoms with Crippen LogP contribution in [-0.2, 0) is 11.2 Å². The van der Waals surface area contributed by atoms with Crippen LogP contribution in [0.2, 0.25) is 0 Å². The molecule has 0 spiro atoms. The Morgan fingerprint density at radius 1 is 1.33 bits per heavy atom. The molecule has 3 nitrogen and oxygen atoms in total. The Kier molecular flexibility index (Phi) is 5.21. The van der Waals surface area contributed by atoms with Gasteiger partial charge in [0.05, 0.1) is 6.42 Å². The number of rotatable bonds is 6. The first-order chi connectivity index (χ1) is 7.22. The molecule has 1 rings (SSSR count). The molecule has 0 aliphatic rings. The predicted octanol–water partition coefficient (Wildman–Crippen LogP) is 1.75. The van der Waals surface area contributed by atoms with Crippen LogP contribution in [0.1, 0.15) is 12.0 Å². The van der Waals surface area contributed by atoms with E-state index in [1.54, 1.807) is 11.8 Å². The van der Waals surface area contributed by atoms with E-state index < -0.39 is 5.97 Å². The van der Waals surface area contributed by atoms with Gasteiger partial charge < -0.3 is 10.8 Å². The van der Waals surface area contributed by atoms with E-state index >= 15 is 0 Å². The monoisotopic (exact) mass is 225 g/mol. The average molecular weight is 225 g/mol. The van der Waals surface area contributed by atoms with E-state index in [1.807, 2.05) is 24.3 Å². The van der Waals surface area contributed by atoms with Crippen LogP contribution in [-0.4, -0.2) is 23.4 Å². The summed E-state index contributed by atoms with van der Waals surface area (Å²) >= 11 is 1.75. The number of hydrogen-bond donors (Lipinski definition) is 2. The molecule has 0 bridgehead atoms. The van der Waals surface area contributed by atoms with Crippen LogP contribution >= 0.6 is 11.8 Å². The number of carboxylic acids is 1. The molecular formula is C11H15NO2S. The summed E-state index contributed by atoms with van der Waals surface area (Å²) in [5.41, 5.74) is 6.23. The van der Waals surface area contributed by atoms with Gasteiger partial charge in [-0.2, -0.15) is 0 Å². The van der Waals surface area contributed by atoms with Crippen molar-refractivity contribution in [3.63, 3.8) is 0 Å². The van der Waals surface area contributed by atoms with Crippen molar-refractivity contribution >= 4 is 17.7 Å². The summed E-state index contributed by atoms with van der Waals surface area (Å²) in [5, 5.41) is 8.59. The van der Waals surface area contributed by atoms with Crippen molar-refractivity contribution in [3.05, 3.63) is 29.8 Å². The Morgan fingerprint density at radius 3 is 2.53 bits per heavy atom. The fraction of sp³-hybridized carbons (Fsp3) is 0.364. The van der Waals surface area contributed by atoms with Gasteiger partial charge in [0.15, 0.2) is 0 Å². The highest BCUT2D eigenvalue weighted by Gasteiger charge is 2.00. The maximum Gasteiger partial charge on any atom is 0.307 e. The lowest BCUT2D eigenvalue weighted by Crippen LogP contribution is -2.00. The Balaban J connectivity index is 2.45.